The lowest BCUT2D eigenvalue weighted by Gasteiger charge is -2.35. The summed E-state index contributed by atoms with van der Waals surface area (Å²) in [5.41, 5.74) is 7.34. The molecular weight excluding hydrogens is 238 g/mol. The molecular formula is C13H18ClNO2. The second-order valence-corrected chi connectivity index (χ2v) is 4.49. The monoisotopic (exact) mass is 255 g/mol. The van der Waals surface area contributed by atoms with E-state index in [0.29, 0.717) is 12.3 Å². The van der Waals surface area contributed by atoms with Crippen molar-refractivity contribution in [2.24, 2.45) is 5.73 Å². The van der Waals surface area contributed by atoms with Crippen molar-refractivity contribution >= 4 is 18.4 Å². The Labute approximate surface area is 108 Å². The molecule has 0 aromatic heterocycles. The Morgan fingerprint density at radius 2 is 2.12 bits per heavy atom. The molecule has 0 saturated carbocycles. The maximum absolute atomic E-state index is 11.8. The first-order valence-corrected chi connectivity index (χ1v) is 5.56. The number of benzene rings is 1. The Bertz CT molecular complexity index is 422. The van der Waals surface area contributed by atoms with E-state index in [1.165, 1.54) is 12.7 Å². The van der Waals surface area contributed by atoms with E-state index in [1.807, 2.05) is 24.3 Å². The summed E-state index contributed by atoms with van der Waals surface area (Å²) in [6.07, 6.45) is 1.57. The molecule has 1 aliphatic rings. The van der Waals surface area contributed by atoms with Gasteiger partial charge in [0.25, 0.3) is 0 Å². The van der Waals surface area contributed by atoms with Crippen LogP contribution in [0.25, 0.3) is 0 Å². The number of methoxy groups -OCH3 is 1. The summed E-state index contributed by atoms with van der Waals surface area (Å²) < 4.78 is 4.82. The summed E-state index contributed by atoms with van der Waals surface area (Å²) in [4.78, 5) is 11.8. The van der Waals surface area contributed by atoms with Gasteiger partial charge in [-0.05, 0) is 29.9 Å². The fourth-order valence-electron chi connectivity index (χ4n) is 2.46. The third-order valence-electron chi connectivity index (χ3n) is 3.49. The van der Waals surface area contributed by atoms with Crippen LogP contribution in [0.5, 0.6) is 0 Å². The van der Waals surface area contributed by atoms with Gasteiger partial charge in [-0.15, -0.1) is 12.4 Å². The van der Waals surface area contributed by atoms with Crippen LogP contribution in [0.4, 0.5) is 0 Å². The van der Waals surface area contributed by atoms with Crippen molar-refractivity contribution in [2.45, 2.75) is 31.2 Å². The molecule has 0 amide bonds. The lowest BCUT2D eigenvalue weighted by molar-refractivity contribution is -0.148. The zero-order valence-electron chi connectivity index (χ0n) is 10.1. The van der Waals surface area contributed by atoms with Crippen molar-refractivity contribution in [3.8, 4) is 0 Å². The second kappa shape index (κ2) is 5.07. The van der Waals surface area contributed by atoms with E-state index in [-0.39, 0.29) is 18.4 Å². The molecule has 1 aromatic rings. The number of rotatable bonds is 1. The van der Waals surface area contributed by atoms with E-state index >= 15 is 0 Å². The Morgan fingerprint density at radius 3 is 2.76 bits per heavy atom. The van der Waals surface area contributed by atoms with Crippen molar-refractivity contribution in [2.75, 3.05) is 7.11 Å². The maximum atomic E-state index is 11.8. The molecule has 0 radical (unpaired) electrons. The summed E-state index contributed by atoms with van der Waals surface area (Å²) >= 11 is 0. The van der Waals surface area contributed by atoms with E-state index in [4.69, 9.17) is 10.5 Å². The predicted molar refractivity (Wildman–Crippen MR) is 69.2 cm³/mol. The van der Waals surface area contributed by atoms with Gasteiger partial charge in [0.2, 0.25) is 0 Å². The van der Waals surface area contributed by atoms with Crippen LogP contribution in [0.2, 0.25) is 0 Å². The van der Waals surface area contributed by atoms with E-state index in [0.717, 1.165) is 12.0 Å². The fourth-order valence-corrected chi connectivity index (χ4v) is 2.46. The molecule has 17 heavy (non-hydrogen) atoms. The van der Waals surface area contributed by atoms with Gasteiger partial charge in [0.1, 0.15) is 5.54 Å². The summed E-state index contributed by atoms with van der Waals surface area (Å²) in [6.45, 7) is 2.16. The number of halogens is 1. The highest BCUT2D eigenvalue weighted by Gasteiger charge is 2.42. The van der Waals surface area contributed by atoms with E-state index in [1.54, 1.807) is 0 Å². The molecule has 2 unspecified atom stereocenters. The van der Waals surface area contributed by atoms with Crippen LogP contribution in [-0.4, -0.2) is 13.1 Å². The van der Waals surface area contributed by atoms with Crippen LogP contribution < -0.4 is 5.73 Å². The van der Waals surface area contributed by atoms with Crippen LogP contribution in [0.1, 0.15) is 36.8 Å². The quantitative estimate of drug-likeness (QED) is 0.784. The minimum absolute atomic E-state index is 0. The van der Waals surface area contributed by atoms with E-state index in [9.17, 15) is 4.79 Å². The molecule has 4 heteroatoms. The number of hydrogen-bond acceptors (Lipinski definition) is 3. The lowest BCUT2D eigenvalue weighted by Crippen LogP contribution is -2.48. The number of fused-ring (bicyclic) bond motifs is 1. The average Bonchev–Trinajstić information content (AvgIpc) is 2.33. The summed E-state index contributed by atoms with van der Waals surface area (Å²) in [7, 11) is 1.39. The second-order valence-electron chi connectivity index (χ2n) is 4.49. The molecule has 0 heterocycles. The Kier molecular flexibility index (Phi) is 4.17. The Hall–Kier alpha value is -1.06. The molecule has 3 nitrogen and oxygen atoms in total. The van der Waals surface area contributed by atoms with Gasteiger partial charge in [0, 0.05) is 0 Å². The maximum Gasteiger partial charge on any atom is 0.330 e. The molecule has 2 atom stereocenters. The third kappa shape index (κ3) is 2.17. The van der Waals surface area contributed by atoms with Crippen molar-refractivity contribution in [3.63, 3.8) is 0 Å². The van der Waals surface area contributed by atoms with E-state index < -0.39 is 5.54 Å². The molecule has 1 aromatic carbocycles. The third-order valence-corrected chi connectivity index (χ3v) is 3.49. The first-order chi connectivity index (χ1) is 7.59. The van der Waals surface area contributed by atoms with Crippen molar-refractivity contribution in [3.05, 3.63) is 35.4 Å². The number of esters is 1. The Balaban J connectivity index is 0.00000144. The molecule has 94 valence electrons. The molecule has 0 saturated heterocycles. The van der Waals surface area contributed by atoms with Gasteiger partial charge in [0.15, 0.2) is 0 Å². The molecule has 0 fully saturated rings. The standard InChI is InChI=1S/C13H17NO2.ClH/c1-9-7-8-13(14,12(15)16-2)11-6-4-3-5-10(9)11;/h3-6,9H,7-8,14H2,1-2H3;1H. The topological polar surface area (TPSA) is 52.3 Å². The van der Waals surface area contributed by atoms with Crippen LogP contribution >= 0.6 is 12.4 Å². The van der Waals surface area contributed by atoms with Gasteiger partial charge < -0.3 is 10.5 Å². The van der Waals surface area contributed by atoms with Crippen LogP contribution in [0.3, 0.4) is 0 Å². The lowest BCUT2D eigenvalue weighted by atomic mass is 9.73. The van der Waals surface area contributed by atoms with Gasteiger partial charge in [-0.1, -0.05) is 31.2 Å². The van der Waals surface area contributed by atoms with E-state index in [2.05, 4.69) is 6.92 Å². The Morgan fingerprint density at radius 1 is 1.47 bits per heavy atom. The predicted octanol–water partition coefficient (Wildman–Crippen LogP) is 2.33. The number of hydrogen-bond donors (Lipinski definition) is 1. The van der Waals surface area contributed by atoms with Crippen LogP contribution in [0.15, 0.2) is 24.3 Å². The normalized spacial score (nSPS) is 26.6. The van der Waals surface area contributed by atoms with Gasteiger partial charge in [-0.3, -0.25) is 0 Å². The number of nitrogens with two attached hydrogens (primary N) is 1. The van der Waals surface area contributed by atoms with Crippen LogP contribution in [-0.2, 0) is 15.1 Å². The number of carbonyl (C=O) groups excluding carboxylic acids is 1. The van der Waals surface area contributed by atoms with Gasteiger partial charge in [-0.25, -0.2) is 4.79 Å². The highest BCUT2D eigenvalue weighted by Crippen LogP contribution is 2.40. The summed E-state index contributed by atoms with van der Waals surface area (Å²) in [5, 5.41) is 0. The summed E-state index contributed by atoms with van der Waals surface area (Å²) in [5.74, 6) is 0.115. The summed E-state index contributed by atoms with van der Waals surface area (Å²) in [6, 6.07) is 7.88. The molecule has 2 rings (SSSR count). The van der Waals surface area contributed by atoms with Crippen molar-refractivity contribution in [1.29, 1.82) is 0 Å². The van der Waals surface area contributed by atoms with Crippen molar-refractivity contribution < 1.29 is 9.53 Å². The zero-order valence-corrected chi connectivity index (χ0v) is 10.9. The highest BCUT2D eigenvalue weighted by atomic mass is 35.5. The average molecular weight is 256 g/mol. The molecule has 0 bridgehead atoms. The smallest absolute Gasteiger partial charge is 0.330 e. The largest absolute Gasteiger partial charge is 0.467 e. The zero-order chi connectivity index (χ0) is 11.8. The SMILES string of the molecule is COC(=O)C1(N)CCC(C)c2ccccc21.Cl. The minimum atomic E-state index is -0.960. The molecule has 0 spiro atoms. The van der Waals surface area contributed by atoms with Gasteiger partial charge >= 0.3 is 5.97 Å². The first-order valence-electron chi connectivity index (χ1n) is 5.56. The fraction of sp³-hybridized carbons (Fsp3) is 0.462. The van der Waals surface area contributed by atoms with Crippen LogP contribution in [0, 0.1) is 0 Å². The van der Waals surface area contributed by atoms with Gasteiger partial charge in [0.05, 0.1) is 7.11 Å². The van der Waals surface area contributed by atoms with Crippen molar-refractivity contribution in [1.82, 2.24) is 0 Å². The number of ether oxygens (including phenoxy) is 1. The number of carbonyl (C=O) groups is 1. The van der Waals surface area contributed by atoms with Gasteiger partial charge in [-0.2, -0.15) is 0 Å². The molecule has 0 aliphatic heterocycles. The molecule has 1 aliphatic carbocycles. The minimum Gasteiger partial charge on any atom is -0.467 e. The first kappa shape index (κ1) is 14.0. The molecule has 2 N–H and O–H groups in total. The highest BCUT2D eigenvalue weighted by molar-refractivity contribution is 5.85.